The van der Waals surface area contributed by atoms with E-state index in [2.05, 4.69) is 39.2 Å². The van der Waals surface area contributed by atoms with Gasteiger partial charge in [0, 0.05) is 31.7 Å². The molecule has 1 atom stereocenters. The van der Waals surface area contributed by atoms with Crippen molar-refractivity contribution in [3.63, 3.8) is 0 Å². The molecule has 4 rings (SSSR count). The van der Waals surface area contributed by atoms with Crippen LogP contribution in [0.3, 0.4) is 0 Å². The highest BCUT2D eigenvalue weighted by Crippen LogP contribution is 2.26. The van der Waals surface area contributed by atoms with Gasteiger partial charge in [-0.2, -0.15) is 9.97 Å². The largest absolute Gasteiger partial charge is 0.463 e. The van der Waals surface area contributed by atoms with E-state index in [1.807, 2.05) is 32.9 Å². The van der Waals surface area contributed by atoms with Crippen LogP contribution in [0, 0.1) is 0 Å². The molecule has 3 heterocycles. The number of aromatic nitrogens is 3. The van der Waals surface area contributed by atoms with Gasteiger partial charge in [-0.15, -0.1) is 0 Å². The lowest BCUT2D eigenvalue weighted by molar-refractivity contribution is 0.0936. The van der Waals surface area contributed by atoms with Gasteiger partial charge < -0.3 is 30.8 Å². The van der Waals surface area contributed by atoms with Crippen LogP contribution >= 0.6 is 0 Å². The van der Waals surface area contributed by atoms with Crippen LogP contribution in [0.2, 0.25) is 0 Å². The number of nitrogens with one attached hydrogen (secondary N) is 1. The van der Waals surface area contributed by atoms with Crippen LogP contribution in [0.15, 0.2) is 30.3 Å². The van der Waals surface area contributed by atoms with Crippen LogP contribution in [0.5, 0.6) is 6.01 Å². The number of nitrogen functional groups attached to an aromatic ring is 1. The van der Waals surface area contributed by atoms with Crippen LogP contribution in [-0.2, 0) is 17.8 Å². The summed E-state index contributed by atoms with van der Waals surface area (Å²) in [5.74, 6) is -0.327. The Kier molecular flexibility index (Phi) is 8.59. The average Bonchev–Trinajstić information content (AvgIpc) is 3.44. The number of benzene rings is 1. The Morgan fingerprint density at radius 2 is 1.82 bits per heavy atom. The van der Waals surface area contributed by atoms with Crippen LogP contribution in [0.25, 0.3) is 11.0 Å². The topological polar surface area (TPSA) is 151 Å². The molecule has 1 aromatic carbocycles. The molecule has 11 nitrogen and oxygen atoms in total. The Morgan fingerprint density at radius 3 is 2.46 bits per heavy atom. The van der Waals surface area contributed by atoms with Crippen LogP contribution in [0.4, 0.5) is 10.6 Å². The first-order valence-electron chi connectivity index (χ1n) is 13.4. The number of rotatable bonds is 10. The highest BCUT2D eigenvalue weighted by atomic mass is 16.6. The van der Waals surface area contributed by atoms with Gasteiger partial charge in [-0.3, -0.25) is 9.69 Å². The fourth-order valence-corrected chi connectivity index (χ4v) is 4.58. The van der Waals surface area contributed by atoms with Gasteiger partial charge >= 0.3 is 12.1 Å². The quantitative estimate of drug-likeness (QED) is 0.333. The Balaban J connectivity index is 1.43. The van der Waals surface area contributed by atoms with Crippen molar-refractivity contribution < 1.29 is 19.1 Å². The lowest BCUT2D eigenvalue weighted by Gasteiger charge is -2.22. The number of alkyl carbamates (subject to hydrolysis) is 1. The van der Waals surface area contributed by atoms with Gasteiger partial charge in [-0.25, -0.2) is 4.79 Å². The molecule has 0 unspecified atom stereocenters. The zero-order valence-corrected chi connectivity index (χ0v) is 23.2. The number of carbonyl (C=O) groups excluding carboxylic acids is 2. The molecule has 1 aliphatic rings. The van der Waals surface area contributed by atoms with Gasteiger partial charge in [0.2, 0.25) is 0 Å². The maximum atomic E-state index is 12.2. The maximum absolute atomic E-state index is 12.2. The number of nitrogens with zero attached hydrogens (tertiary/aromatic N) is 4. The molecular weight excluding hydrogens is 498 g/mol. The highest BCUT2D eigenvalue weighted by molar-refractivity contribution is 5.99. The van der Waals surface area contributed by atoms with Crippen molar-refractivity contribution in [2.24, 2.45) is 5.73 Å². The van der Waals surface area contributed by atoms with Crippen molar-refractivity contribution >= 4 is 28.9 Å². The van der Waals surface area contributed by atoms with Crippen molar-refractivity contribution in [1.29, 1.82) is 0 Å². The summed E-state index contributed by atoms with van der Waals surface area (Å²) in [6.45, 7) is 11.0. The molecule has 210 valence electrons. The summed E-state index contributed by atoms with van der Waals surface area (Å²) in [5.41, 5.74) is 14.5. The van der Waals surface area contributed by atoms with Crippen molar-refractivity contribution in [3.05, 3.63) is 47.2 Å². The van der Waals surface area contributed by atoms with Crippen molar-refractivity contribution in [3.8, 4) is 6.01 Å². The lowest BCUT2D eigenvalue weighted by atomic mass is 10.1. The summed E-state index contributed by atoms with van der Waals surface area (Å²) >= 11 is 0. The molecule has 1 aliphatic heterocycles. The summed E-state index contributed by atoms with van der Waals surface area (Å²) in [6.07, 6.45) is 2.17. The van der Waals surface area contributed by atoms with Gasteiger partial charge in [0.1, 0.15) is 23.3 Å². The minimum atomic E-state index is -0.570. The second-order valence-electron chi connectivity index (χ2n) is 11.1. The number of hydrogen-bond acceptors (Lipinski definition) is 8. The standard InChI is InChI=1S/C28H39N7O4/c1-5-6-13-38-26-31-23(29)21-14-22(24(30)36)35(25(21)32-26)16-19-9-7-18(8-10-19)15-34-12-11-20(17-34)39-27(37)33-28(2,3)4/h7-10,14,20H,5-6,11-13,15-17H2,1-4H3,(H2,30,36)(H,33,37)(H2,29,31,32)/t20-/m0/s1. The molecule has 2 amide bonds. The molecule has 5 N–H and O–H groups in total. The van der Waals surface area contributed by atoms with E-state index < -0.39 is 5.91 Å². The van der Waals surface area contributed by atoms with E-state index in [-0.39, 0.29) is 29.6 Å². The number of nitrogens with two attached hydrogens (primary N) is 2. The molecule has 0 bridgehead atoms. The number of unbranched alkanes of at least 4 members (excludes halogenated alkanes) is 1. The summed E-state index contributed by atoms with van der Waals surface area (Å²) in [7, 11) is 0. The lowest BCUT2D eigenvalue weighted by Crippen LogP contribution is -2.42. The normalized spacial score (nSPS) is 15.9. The minimum absolute atomic E-state index is 0.119. The molecule has 3 aromatic rings. The molecule has 0 radical (unpaired) electrons. The minimum Gasteiger partial charge on any atom is -0.463 e. The maximum Gasteiger partial charge on any atom is 0.407 e. The second-order valence-corrected chi connectivity index (χ2v) is 11.1. The predicted octanol–water partition coefficient (Wildman–Crippen LogP) is 3.44. The molecule has 1 fully saturated rings. The summed E-state index contributed by atoms with van der Waals surface area (Å²) in [5, 5.41) is 3.40. The third kappa shape index (κ3) is 7.38. The second kappa shape index (κ2) is 11.9. The molecule has 0 aliphatic carbocycles. The third-order valence-corrected chi connectivity index (χ3v) is 6.49. The van der Waals surface area contributed by atoms with Gasteiger partial charge in [0.15, 0.2) is 0 Å². The number of hydrogen-bond donors (Lipinski definition) is 3. The van der Waals surface area contributed by atoms with Crippen LogP contribution in [-0.4, -0.2) is 62.8 Å². The number of amides is 2. The van der Waals surface area contributed by atoms with E-state index >= 15 is 0 Å². The average molecular weight is 538 g/mol. The van der Waals surface area contributed by atoms with E-state index in [1.54, 1.807) is 10.6 Å². The number of primary amides is 1. The highest BCUT2D eigenvalue weighted by Gasteiger charge is 2.27. The fraction of sp³-hybridized carbons (Fsp3) is 0.500. The zero-order chi connectivity index (χ0) is 28.2. The number of carbonyl (C=O) groups is 2. The molecule has 11 heteroatoms. The molecule has 1 saturated heterocycles. The first-order chi connectivity index (χ1) is 18.5. The number of fused-ring (bicyclic) bond motifs is 1. The van der Waals surface area contributed by atoms with E-state index in [1.165, 1.54) is 0 Å². The molecular formula is C28H39N7O4. The molecule has 0 saturated carbocycles. The van der Waals surface area contributed by atoms with Gasteiger partial charge in [-0.05, 0) is 50.8 Å². The zero-order valence-electron chi connectivity index (χ0n) is 23.2. The predicted molar refractivity (Wildman–Crippen MR) is 149 cm³/mol. The first kappa shape index (κ1) is 28.2. The monoisotopic (exact) mass is 537 g/mol. The Labute approximate surface area is 228 Å². The van der Waals surface area contributed by atoms with Crippen molar-refractivity contribution in [2.75, 3.05) is 25.4 Å². The van der Waals surface area contributed by atoms with Gasteiger partial charge in [0.05, 0.1) is 12.0 Å². The number of anilines is 1. The molecule has 2 aromatic heterocycles. The van der Waals surface area contributed by atoms with Crippen molar-refractivity contribution in [1.82, 2.24) is 24.8 Å². The van der Waals surface area contributed by atoms with E-state index in [4.69, 9.17) is 20.9 Å². The van der Waals surface area contributed by atoms with Crippen molar-refractivity contribution in [2.45, 2.75) is 71.7 Å². The van der Waals surface area contributed by atoms with E-state index in [9.17, 15) is 9.59 Å². The SMILES string of the molecule is CCCCOc1nc(N)c2cc(C(N)=O)n(Cc3ccc(CN4CC[C@H](OC(=O)NC(C)(C)C)C4)cc3)c2n1. The molecule has 39 heavy (non-hydrogen) atoms. The summed E-state index contributed by atoms with van der Waals surface area (Å²) < 4.78 is 13.0. The first-order valence-corrected chi connectivity index (χ1v) is 13.4. The number of likely N-dealkylation sites (tertiary alicyclic amines) is 1. The van der Waals surface area contributed by atoms with E-state index in [0.717, 1.165) is 43.5 Å². The third-order valence-electron chi connectivity index (χ3n) is 6.49. The number of ether oxygens (including phenoxy) is 2. The fourth-order valence-electron chi connectivity index (χ4n) is 4.58. The van der Waals surface area contributed by atoms with Crippen LogP contribution < -0.4 is 21.5 Å². The summed E-state index contributed by atoms with van der Waals surface area (Å²) in [4.78, 5) is 35.4. The Bertz CT molecular complexity index is 1310. The Hall–Kier alpha value is -3.86. The van der Waals surface area contributed by atoms with E-state index in [0.29, 0.717) is 36.4 Å². The Morgan fingerprint density at radius 1 is 1.13 bits per heavy atom. The van der Waals surface area contributed by atoms with Gasteiger partial charge in [-0.1, -0.05) is 37.6 Å². The molecule has 0 spiro atoms. The smallest absolute Gasteiger partial charge is 0.407 e. The summed E-state index contributed by atoms with van der Waals surface area (Å²) in [6, 6.07) is 9.99. The van der Waals surface area contributed by atoms with Crippen LogP contribution in [0.1, 0.15) is 68.6 Å². The van der Waals surface area contributed by atoms with Gasteiger partial charge in [0.25, 0.3) is 5.91 Å².